The topological polar surface area (TPSA) is 17.1 Å². The Labute approximate surface area is 88.6 Å². The SMILES string of the molecule is CCC/C=C/CCCCCCC(C)=O. The molecular formula is C13H24O. The van der Waals surface area contributed by atoms with Crippen molar-refractivity contribution in [2.45, 2.75) is 65.2 Å². The van der Waals surface area contributed by atoms with Crippen molar-refractivity contribution in [2.24, 2.45) is 0 Å². The van der Waals surface area contributed by atoms with Crippen LogP contribution in [0.4, 0.5) is 0 Å². The van der Waals surface area contributed by atoms with Crippen molar-refractivity contribution in [1.82, 2.24) is 0 Å². The quantitative estimate of drug-likeness (QED) is 0.397. The number of carbonyl (C=O) groups excluding carboxylic acids is 1. The van der Waals surface area contributed by atoms with Crippen LogP contribution in [0, 0.1) is 0 Å². The average Bonchev–Trinajstić information content (AvgIpc) is 2.15. The number of hydrogen-bond donors (Lipinski definition) is 0. The first-order valence-corrected chi connectivity index (χ1v) is 5.91. The molecule has 0 atom stereocenters. The highest BCUT2D eigenvalue weighted by Gasteiger charge is 1.92. The number of unbranched alkanes of at least 4 members (excludes halogenated alkanes) is 5. The zero-order valence-corrected chi connectivity index (χ0v) is 9.72. The van der Waals surface area contributed by atoms with Gasteiger partial charge in [-0.25, -0.2) is 0 Å². The molecule has 0 N–H and O–H groups in total. The van der Waals surface area contributed by atoms with Crippen LogP contribution in [0.5, 0.6) is 0 Å². The van der Waals surface area contributed by atoms with Crippen LogP contribution >= 0.6 is 0 Å². The van der Waals surface area contributed by atoms with Crippen LogP contribution in [0.1, 0.15) is 65.2 Å². The van der Waals surface area contributed by atoms with E-state index in [2.05, 4.69) is 19.1 Å². The van der Waals surface area contributed by atoms with Gasteiger partial charge in [-0.1, -0.05) is 38.3 Å². The third-order valence-corrected chi connectivity index (χ3v) is 2.27. The van der Waals surface area contributed by atoms with Gasteiger partial charge in [-0.3, -0.25) is 0 Å². The minimum absolute atomic E-state index is 0.327. The Morgan fingerprint density at radius 2 is 1.64 bits per heavy atom. The zero-order valence-electron chi connectivity index (χ0n) is 9.72. The van der Waals surface area contributed by atoms with Crippen LogP contribution < -0.4 is 0 Å². The second kappa shape index (κ2) is 10.5. The first kappa shape index (κ1) is 13.4. The summed E-state index contributed by atoms with van der Waals surface area (Å²) in [5.41, 5.74) is 0. The lowest BCUT2D eigenvalue weighted by atomic mass is 10.1. The van der Waals surface area contributed by atoms with Gasteiger partial charge in [0, 0.05) is 6.42 Å². The largest absolute Gasteiger partial charge is 0.300 e. The van der Waals surface area contributed by atoms with Gasteiger partial charge in [-0.15, -0.1) is 0 Å². The van der Waals surface area contributed by atoms with Gasteiger partial charge in [0.1, 0.15) is 5.78 Å². The van der Waals surface area contributed by atoms with Crippen molar-refractivity contribution < 1.29 is 4.79 Å². The monoisotopic (exact) mass is 196 g/mol. The number of rotatable bonds is 9. The summed E-state index contributed by atoms with van der Waals surface area (Å²) < 4.78 is 0. The second-order valence-corrected chi connectivity index (χ2v) is 3.91. The van der Waals surface area contributed by atoms with Crippen LogP contribution in [-0.2, 0) is 4.79 Å². The van der Waals surface area contributed by atoms with E-state index in [1.165, 1.54) is 38.5 Å². The number of ketones is 1. The summed E-state index contributed by atoms with van der Waals surface area (Å²) in [4.78, 5) is 10.6. The summed E-state index contributed by atoms with van der Waals surface area (Å²) in [6.45, 7) is 3.87. The van der Waals surface area contributed by atoms with E-state index in [-0.39, 0.29) is 0 Å². The Hall–Kier alpha value is -0.590. The molecule has 0 spiro atoms. The number of hydrogen-bond acceptors (Lipinski definition) is 1. The molecule has 0 unspecified atom stereocenters. The third-order valence-electron chi connectivity index (χ3n) is 2.27. The van der Waals surface area contributed by atoms with Gasteiger partial charge in [0.25, 0.3) is 0 Å². The predicted octanol–water partition coefficient (Wildman–Crippen LogP) is 4.27. The Bertz CT molecular complexity index is 159. The molecule has 82 valence electrons. The van der Waals surface area contributed by atoms with E-state index in [1.54, 1.807) is 6.92 Å². The van der Waals surface area contributed by atoms with Crippen LogP contribution in [0.15, 0.2) is 12.2 Å². The number of Topliss-reactive ketones (excluding diaryl/α,β-unsaturated/α-hetero) is 1. The highest BCUT2D eigenvalue weighted by molar-refractivity contribution is 5.75. The van der Waals surface area contributed by atoms with Crippen molar-refractivity contribution in [3.63, 3.8) is 0 Å². The molecule has 0 heterocycles. The number of allylic oxidation sites excluding steroid dienone is 2. The normalized spacial score (nSPS) is 11.0. The molecule has 0 aliphatic carbocycles. The molecule has 1 heteroatoms. The lowest BCUT2D eigenvalue weighted by molar-refractivity contribution is -0.117. The van der Waals surface area contributed by atoms with E-state index in [0.717, 1.165) is 12.8 Å². The maximum Gasteiger partial charge on any atom is 0.129 e. The molecule has 0 aliphatic rings. The molecule has 0 rings (SSSR count). The van der Waals surface area contributed by atoms with Gasteiger partial charge < -0.3 is 4.79 Å². The molecule has 0 aromatic heterocycles. The van der Waals surface area contributed by atoms with Crippen LogP contribution in [0.3, 0.4) is 0 Å². The molecule has 0 aliphatic heterocycles. The highest BCUT2D eigenvalue weighted by Crippen LogP contribution is 2.06. The van der Waals surface area contributed by atoms with Crippen LogP contribution in [-0.4, -0.2) is 5.78 Å². The molecule has 0 aromatic rings. The summed E-state index contributed by atoms with van der Waals surface area (Å²) in [6, 6.07) is 0. The fourth-order valence-corrected chi connectivity index (χ4v) is 1.39. The van der Waals surface area contributed by atoms with E-state index < -0.39 is 0 Å². The molecule has 0 amide bonds. The predicted molar refractivity (Wildman–Crippen MR) is 62.4 cm³/mol. The van der Waals surface area contributed by atoms with Crippen molar-refractivity contribution >= 4 is 5.78 Å². The van der Waals surface area contributed by atoms with E-state index in [0.29, 0.717) is 5.78 Å². The summed E-state index contributed by atoms with van der Waals surface area (Å²) in [5, 5.41) is 0. The van der Waals surface area contributed by atoms with Crippen molar-refractivity contribution in [1.29, 1.82) is 0 Å². The van der Waals surface area contributed by atoms with Crippen molar-refractivity contribution in [2.75, 3.05) is 0 Å². The lowest BCUT2D eigenvalue weighted by Crippen LogP contribution is -1.88. The first-order valence-electron chi connectivity index (χ1n) is 5.91. The fraction of sp³-hybridized carbons (Fsp3) is 0.769. The molecule has 0 fully saturated rings. The summed E-state index contributed by atoms with van der Waals surface area (Å²) in [5.74, 6) is 0.327. The molecule has 0 saturated carbocycles. The molecular weight excluding hydrogens is 172 g/mol. The van der Waals surface area contributed by atoms with Gasteiger partial charge in [-0.05, 0) is 32.6 Å². The van der Waals surface area contributed by atoms with Crippen LogP contribution in [0.25, 0.3) is 0 Å². The van der Waals surface area contributed by atoms with Gasteiger partial charge in [0.15, 0.2) is 0 Å². The van der Waals surface area contributed by atoms with E-state index >= 15 is 0 Å². The third kappa shape index (κ3) is 11.4. The molecule has 1 nitrogen and oxygen atoms in total. The van der Waals surface area contributed by atoms with Gasteiger partial charge in [0.2, 0.25) is 0 Å². The smallest absolute Gasteiger partial charge is 0.129 e. The van der Waals surface area contributed by atoms with Crippen LogP contribution in [0.2, 0.25) is 0 Å². The van der Waals surface area contributed by atoms with Gasteiger partial charge in [0.05, 0.1) is 0 Å². The highest BCUT2D eigenvalue weighted by atomic mass is 16.1. The maximum absolute atomic E-state index is 10.6. The Morgan fingerprint density at radius 3 is 2.29 bits per heavy atom. The minimum atomic E-state index is 0.327. The van der Waals surface area contributed by atoms with Gasteiger partial charge >= 0.3 is 0 Å². The molecule has 14 heavy (non-hydrogen) atoms. The summed E-state index contributed by atoms with van der Waals surface area (Å²) in [6.07, 6.45) is 13.8. The van der Waals surface area contributed by atoms with Crippen molar-refractivity contribution in [3.05, 3.63) is 12.2 Å². The van der Waals surface area contributed by atoms with E-state index in [1.807, 2.05) is 0 Å². The summed E-state index contributed by atoms with van der Waals surface area (Å²) >= 11 is 0. The second-order valence-electron chi connectivity index (χ2n) is 3.91. The molecule has 0 radical (unpaired) electrons. The Balaban J connectivity index is 3.02. The Kier molecular flexibility index (Phi) is 10.0. The molecule has 0 aromatic carbocycles. The molecule has 0 saturated heterocycles. The van der Waals surface area contributed by atoms with Gasteiger partial charge in [-0.2, -0.15) is 0 Å². The zero-order chi connectivity index (χ0) is 10.6. The van der Waals surface area contributed by atoms with E-state index in [4.69, 9.17) is 0 Å². The maximum atomic E-state index is 10.6. The van der Waals surface area contributed by atoms with E-state index in [9.17, 15) is 4.79 Å². The lowest BCUT2D eigenvalue weighted by Gasteiger charge is -1.97. The standard InChI is InChI=1S/C13H24O/c1-3-4-5-6-7-8-9-10-11-12-13(2)14/h5-6H,3-4,7-12H2,1-2H3/b6-5+. The minimum Gasteiger partial charge on any atom is -0.300 e. The first-order chi connectivity index (χ1) is 6.77. The summed E-state index contributed by atoms with van der Waals surface area (Å²) in [7, 11) is 0. The van der Waals surface area contributed by atoms with Crippen molar-refractivity contribution in [3.8, 4) is 0 Å². The average molecular weight is 196 g/mol. The molecule has 0 bridgehead atoms. The fourth-order valence-electron chi connectivity index (χ4n) is 1.39. The number of carbonyl (C=O) groups is 1. The Morgan fingerprint density at radius 1 is 1.00 bits per heavy atom.